The van der Waals surface area contributed by atoms with Crippen molar-refractivity contribution in [1.82, 2.24) is 20.1 Å². The minimum absolute atomic E-state index is 0.0613. The largest absolute Gasteiger partial charge is 0.353 e. The fourth-order valence-electron chi connectivity index (χ4n) is 3.79. The molecule has 1 unspecified atom stereocenters. The van der Waals surface area contributed by atoms with Crippen LogP contribution in [0.5, 0.6) is 0 Å². The Morgan fingerprint density at radius 2 is 1.95 bits per heavy atom. The third kappa shape index (κ3) is 2.12. The number of nitrogens with zero attached hydrogens (tertiary/aromatic N) is 2. The fraction of sp³-hybridized carbons (Fsp3) is 0.800. The summed E-state index contributed by atoms with van der Waals surface area (Å²) in [5, 5.41) is 9.70. The van der Waals surface area contributed by atoms with E-state index in [-0.39, 0.29) is 34.4 Å². The van der Waals surface area contributed by atoms with E-state index in [9.17, 15) is 9.59 Å². The molecule has 0 radical (unpaired) electrons. The normalized spacial score (nSPS) is 26.8. The summed E-state index contributed by atoms with van der Waals surface area (Å²) in [6.07, 6.45) is 2.34. The van der Waals surface area contributed by atoms with Crippen LogP contribution in [0.4, 0.5) is 0 Å². The second-order valence-electron chi connectivity index (χ2n) is 7.51. The Labute approximate surface area is 124 Å². The molecule has 1 atom stereocenters. The van der Waals surface area contributed by atoms with Crippen LogP contribution in [0.3, 0.4) is 0 Å². The van der Waals surface area contributed by atoms with Gasteiger partial charge in [-0.05, 0) is 23.7 Å². The van der Waals surface area contributed by atoms with Crippen LogP contribution in [0.1, 0.15) is 46.4 Å². The van der Waals surface area contributed by atoms with E-state index in [1.165, 1.54) is 0 Å². The van der Waals surface area contributed by atoms with Crippen molar-refractivity contribution in [3.63, 3.8) is 0 Å². The molecule has 1 amide bonds. The Hall–Kier alpha value is -1.59. The molecule has 1 aromatic rings. The van der Waals surface area contributed by atoms with Gasteiger partial charge < -0.3 is 5.32 Å². The number of carbonyl (C=O) groups is 1. The highest BCUT2D eigenvalue weighted by atomic mass is 16.2. The summed E-state index contributed by atoms with van der Waals surface area (Å²) in [6, 6.07) is 0.130. The number of aryl methyl sites for hydroxylation is 1. The number of hydrogen-bond donors (Lipinski definition) is 2. The van der Waals surface area contributed by atoms with Gasteiger partial charge in [0, 0.05) is 24.9 Å². The molecule has 0 saturated heterocycles. The van der Waals surface area contributed by atoms with Gasteiger partial charge in [-0.2, -0.15) is 5.10 Å². The lowest BCUT2D eigenvalue weighted by atomic mass is 10.0. The Morgan fingerprint density at radius 3 is 2.57 bits per heavy atom. The van der Waals surface area contributed by atoms with Gasteiger partial charge in [0.05, 0.1) is 0 Å². The molecule has 0 spiro atoms. The van der Waals surface area contributed by atoms with Crippen molar-refractivity contribution in [1.29, 1.82) is 0 Å². The van der Waals surface area contributed by atoms with E-state index < -0.39 is 0 Å². The van der Waals surface area contributed by atoms with Crippen molar-refractivity contribution in [3.05, 3.63) is 16.3 Å². The van der Waals surface area contributed by atoms with Gasteiger partial charge in [0.2, 0.25) is 5.91 Å². The maximum atomic E-state index is 12.5. The second kappa shape index (κ2) is 4.45. The Bertz CT molecular complexity index is 612. The third-order valence-electron chi connectivity index (χ3n) is 5.88. The number of aromatic nitrogens is 3. The molecule has 2 aliphatic rings. The molecule has 116 valence electrons. The van der Waals surface area contributed by atoms with Gasteiger partial charge >= 0.3 is 5.69 Å². The number of rotatable bonds is 2. The van der Waals surface area contributed by atoms with E-state index in [0.29, 0.717) is 6.54 Å². The van der Waals surface area contributed by atoms with Gasteiger partial charge in [-0.15, -0.1) is 0 Å². The lowest BCUT2D eigenvalue weighted by Gasteiger charge is -2.16. The summed E-state index contributed by atoms with van der Waals surface area (Å²) in [6.45, 7) is 9.23. The van der Waals surface area contributed by atoms with Crippen molar-refractivity contribution in [3.8, 4) is 0 Å². The summed E-state index contributed by atoms with van der Waals surface area (Å²) in [4.78, 5) is 24.1. The molecule has 0 aromatic carbocycles. The number of fused-ring (bicyclic) bond motifs is 1. The molecule has 6 nitrogen and oxygen atoms in total. The van der Waals surface area contributed by atoms with Crippen molar-refractivity contribution >= 4 is 5.91 Å². The molecular weight excluding hydrogens is 268 g/mol. The second-order valence-corrected chi connectivity index (χ2v) is 7.51. The van der Waals surface area contributed by atoms with Crippen LogP contribution in [0.15, 0.2) is 4.79 Å². The van der Waals surface area contributed by atoms with E-state index in [0.717, 1.165) is 25.1 Å². The zero-order valence-electron chi connectivity index (χ0n) is 13.2. The zero-order valence-corrected chi connectivity index (χ0v) is 13.2. The van der Waals surface area contributed by atoms with E-state index in [4.69, 9.17) is 0 Å². The molecule has 3 rings (SSSR count). The van der Waals surface area contributed by atoms with E-state index in [1.807, 2.05) is 0 Å². The van der Waals surface area contributed by atoms with Crippen LogP contribution in [0.25, 0.3) is 0 Å². The fourth-order valence-corrected chi connectivity index (χ4v) is 3.79. The Kier molecular flexibility index (Phi) is 3.04. The van der Waals surface area contributed by atoms with Gasteiger partial charge in [0.15, 0.2) is 0 Å². The van der Waals surface area contributed by atoms with Crippen molar-refractivity contribution in [2.24, 2.45) is 16.7 Å². The van der Waals surface area contributed by atoms with Crippen LogP contribution in [-0.2, 0) is 17.8 Å². The first-order valence-electron chi connectivity index (χ1n) is 7.69. The van der Waals surface area contributed by atoms with E-state index >= 15 is 0 Å². The first-order valence-corrected chi connectivity index (χ1v) is 7.69. The predicted octanol–water partition coefficient (Wildman–Crippen LogP) is 1.07. The summed E-state index contributed by atoms with van der Waals surface area (Å²) >= 11 is 0. The Balaban J connectivity index is 1.63. The highest BCUT2D eigenvalue weighted by Gasteiger charge is 2.68. The molecule has 0 bridgehead atoms. The van der Waals surface area contributed by atoms with E-state index in [2.05, 4.69) is 43.2 Å². The van der Waals surface area contributed by atoms with Gasteiger partial charge in [0.25, 0.3) is 0 Å². The summed E-state index contributed by atoms with van der Waals surface area (Å²) in [7, 11) is 0. The van der Waals surface area contributed by atoms with Crippen molar-refractivity contribution in [2.45, 2.75) is 59.5 Å². The minimum Gasteiger partial charge on any atom is -0.353 e. The highest BCUT2D eigenvalue weighted by molar-refractivity contribution is 5.84. The molecule has 1 fully saturated rings. The van der Waals surface area contributed by atoms with Crippen LogP contribution in [0.2, 0.25) is 0 Å². The van der Waals surface area contributed by atoms with Crippen LogP contribution < -0.4 is 11.0 Å². The standard InChI is InChI=1S/C15H24N4O2/c1-14(2)11(15(14,3)4)12(20)16-9-5-6-10-17-18-13(21)19(10)8-7-9/h9,11H,5-8H2,1-4H3,(H,16,20)(H,18,21). The number of amides is 1. The molecule has 21 heavy (non-hydrogen) atoms. The predicted molar refractivity (Wildman–Crippen MR) is 78.8 cm³/mol. The molecule has 1 saturated carbocycles. The molecular formula is C15H24N4O2. The van der Waals surface area contributed by atoms with Gasteiger partial charge in [0.1, 0.15) is 5.82 Å². The molecule has 6 heteroatoms. The minimum atomic E-state index is -0.151. The van der Waals surface area contributed by atoms with Gasteiger partial charge in [-0.25, -0.2) is 9.89 Å². The first-order chi connectivity index (χ1) is 9.75. The molecule has 1 aliphatic carbocycles. The number of nitrogens with one attached hydrogen (secondary N) is 2. The summed E-state index contributed by atoms with van der Waals surface area (Å²) in [5.41, 5.74) is -0.0288. The third-order valence-corrected chi connectivity index (χ3v) is 5.88. The molecule has 1 aromatic heterocycles. The van der Waals surface area contributed by atoms with Crippen LogP contribution >= 0.6 is 0 Å². The number of aromatic amines is 1. The number of H-pyrrole nitrogens is 1. The smallest absolute Gasteiger partial charge is 0.343 e. The van der Waals surface area contributed by atoms with E-state index in [1.54, 1.807) is 4.57 Å². The average molecular weight is 292 g/mol. The van der Waals surface area contributed by atoms with Crippen molar-refractivity contribution < 1.29 is 4.79 Å². The lowest BCUT2D eigenvalue weighted by Crippen LogP contribution is -2.37. The van der Waals surface area contributed by atoms with Gasteiger partial charge in [-0.3, -0.25) is 9.36 Å². The average Bonchev–Trinajstić information content (AvgIpc) is 2.68. The first kappa shape index (κ1) is 14.4. The van der Waals surface area contributed by atoms with Gasteiger partial charge in [-0.1, -0.05) is 27.7 Å². The molecule has 2 N–H and O–H groups in total. The summed E-state index contributed by atoms with van der Waals surface area (Å²) < 4.78 is 1.68. The highest BCUT2D eigenvalue weighted by Crippen LogP contribution is 2.68. The Morgan fingerprint density at radius 1 is 1.29 bits per heavy atom. The SMILES string of the molecule is CC1(C)C(C(=O)NC2CCc3n[nH]c(=O)n3CC2)C1(C)C. The monoisotopic (exact) mass is 292 g/mol. The number of hydrogen-bond acceptors (Lipinski definition) is 3. The topological polar surface area (TPSA) is 79.8 Å². The zero-order chi connectivity index (χ0) is 15.4. The van der Waals surface area contributed by atoms with Crippen LogP contribution in [0, 0.1) is 16.7 Å². The maximum Gasteiger partial charge on any atom is 0.343 e. The summed E-state index contributed by atoms with van der Waals surface area (Å²) in [5.74, 6) is 1.03. The molecule has 1 aliphatic heterocycles. The number of carbonyl (C=O) groups excluding carboxylic acids is 1. The molecule has 2 heterocycles. The quantitative estimate of drug-likeness (QED) is 0.856. The maximum absolute atomic E-state index is 12.5. The van der Waals surface area contributed by atoms with Crippen molar-refractivity contribution in [2.75, 3.05) is 0 Å². The van der Waals surface area contributed by atoms with Crippen LogP contribution in [-0.4, -0.2) is 26.7 Å². The lowest BCUT2D eigenvalue weighted by molar-refractivity contribution is -0.124.